The molecule has 4 rings (SSSR count). The summed E-state index contributed by atoms with van der Waals surface area (Å²) in [6.07, 6.45) is 5.55. The lowest BCUT2D eigenvalue weighted by Crippen LogP contribution is -2.55. The maximum Gasteiger partial charge on any atom is 0.226 e. The van der Waals surface area contributed by atoms with Gasteiger partial charge in [-0.3, -0.25) is 4.79 Å². The van der Waals surface area contributed by atoms with Crippen molar-refractivity contribution in [2.24, 2.45) is 5.92 Å². The number of likely N-dealkylation sites (tertiary alicyclic amines) is 1. The molecule has 1 aliphatic carbocycles. The minimum absolute atomic E-state index is 0.0435. The van der Waals surface area contributed by atoms with Gasteiger partial charge in [0.1, 0.15) is 0 Å². The lowest BCUT2D eigenvalue weighted by Gasteiger charge is -2.40. The van der Waals surface area contributed by atoms with Crippen LogP contribution in [-0.4, -0.2) is 40.1 Å². The molecule has 114 valence electrons. The summed E-state index contributed by atoms with van der Waals surface area (Å²) in [6, 6.07) is 8.13. The first-order chi connectivity index (χ1) is 10.7. The van der Waals surface area contributed by atoms with E-state index in [0.29, 0.717) is 13.1 Å². The van der Waals surface area contributed by atoms with E-state index in [2.05, 4.69) is 18.2 Å². The highest BCUT2D eigenvalue weighted by atomic mass is 32.1. The number of rotatable bonds is 2. The summed E-state index contributed by atoms with van der Waals surface area (Å²) in [7, 11) is 0. The second-order valence-corrected chi connectivity index (χ2v) is 7.13. The Bertz CT molecular complexity index is 700. The van der Waals surface area contributed by atoms with Crippen molar-refractivity contribution < 1.29 is 9.90 Å². The van der Waals surface area contributed by atoms with Crippen molar-refractivity contribution in [2.75, 3.05) is 13.1 Å². The summed E-state index contributed by atoms with van der Waals surface area (Å²) in [5.74, 6) is 0.282. The van der Waals surface area contributed by atoms with E-state index in [-0.39, 0.29) is 23.8 Å². The Morgan fingerprint density at radius 1 is 1.23 bits per heavy atom. The minimum atomic E-state index is -0.344. The molecule has 2 aliphatic rings. The number of β-amino-alcohol motifs (C(OH)–C–C–N with tert-alkyl or cyclic N) is 1. The first-order valence-electron chi connectivity index (χ1n) is 7.69. The Balaban J connectivity index is 1.63. The fraction of sp³-hybridized carbons (Fsp3) is 0.412. The molecule has 5 heteroatoms. The van der Waals surface area contributed by atoms with E-state index in [9.17, 15) is 9.90 Å². The number of amides is 1. The number of allylic oxidation sites excluding steroid dienone is 2. The molecule has 1 N–H and O–H groups in total. The number of carbonyl (C=O) groups excluding carboxylic acids is 1. The molecule has 4 nitrogen and oxygen atoms in total. The van der Waals surface area contributed by atoms with Gasteiger partial charge in [-0.1, -0.05) is 24.3 Å². The van der Waals surface area contributed by atoms with E-state index in [4.69, 9.17) is 4.98 Å². The molecule has 1 aliphatic heterocycles. The molecule has 2 unspecified atom stereocenters. The number of nitrogens with zero attached hydrogens (tertiary/aromatic N) is 2. The van der Waals surface area contributed by atoms with Crippen LogP contribution in [0.25, 0.3) is 10.2 Å². The molecule has 1 saturated heterocycles. The second kappa shape index (κ2) is 5.48. The number of carbonyl (C=O) groups is 1. The quantitative estimate of drug-likeness (QED) is 0.867. The average Bonchev–Trinajstić information content (AvgIpc) is 2.95. The predicted molar refractivity (Wildman–Crippen MR) is 86.8 cm³/mol. The number of para-hydroxylation sites is 1. The summed E-state index contributed by atoms with van der Waals surface area (Å²) in [4.78, 5) is 19.2. The Morgan fingerprint density at radius 3 is 2.77 bits per heavy atom. The van der Waals surface area contributed by atoms with Crippen LogP contribution in [0.5, 0.6) is 0 Å². The highest BCUT2D eigenvalue weighted by molar-refractivity contribution is 7.18. The van der Waals surface area contributed by atoms with Gasteiger partial charge in [-0.25, -0.2) is 4.98 Å². The van der Waals surface area contributed by atoms with Crippen LogP contribution in [0, 0.1) is 5.92 Å². The van der Waals surface area contributed by atoms with Gasteiger partial charge in [0.2, 0.25) is 5.91 Å². The van der Waals surface area contributed by atoms with E-state index < -0.39 is 0 Å². The van der Waals surface area contributed by atoms with Crippen LogP contribution in [0.15, 0.2) is 36.4 Å². The molecular formula is C17H18N2O2S. The number of aliphatic hydroxyl groups excluding tert-OH is 1. The number of aliphatic hydroxyl groups is 1. The third kappa shape index (κ3) is 2.34. The zero-order valence-electron chi connectivity index (χ0n) is 12.2. The largest absolute Gasteiger partial charge is 0.389 e. The summed E-state index contributed by atoms with van der Waals surface area (Å²) in [5.41, 5.74) is 1.02. The Labute approximate surface area is 133 Å². The van der Waals surface area contributed by atoms with E-state index >= 15 is 0 Å². The molecule has 0 saturated carbocycles. The molecule has 1 aromatic carbocycles. The smallest absolute Gasteiger partial charge is 0.226 e. The number of benzene rings is 1. The number of hydrogen-bond acceptors (Lipinski definition) is 4. The molecule has 0 spiro atoms. The van der Waals surface area contributed by atoms with E-state index in [0.717, 1.165) is 23.4 Å². The van der Waals surface area contributed by atoms with Crippen molar-refractivity contribution in [3.05, 3.63) is 41.4 Å². The number of fused-ring (bicyclic) bond motifs is 1. The van der Waals surface area contributed by atoms with Crippen LogP contribution >= 0.6 is 11.3 Å². The van der Waals surface area contributed by atoms with E-state index in [1.165, 1.54) is 4.70 Å². The van der Waals surface area contributed by atoms with Gasteiger partial charge in [0.15, 0.2) is 0 Å². The number of thiazole rings is 1. The fourth-order valence-corrected chi connectivity index (χ4v) is 4.42. The van der Waals surface area contributed by atoms with Gasteiger partial charge >= 0.3 is 0 Å². The minimum Gasteiger partial charge on any atom is -0.389 e. The summed E-state index contributed by atoms with van der Waals surface area (Å²) >= 11 is 1.70. The molecule has 2 aromatic rings. The van der Waals surface area contributed by atoms with Crippen LogP contribution < -0.4 is 0 Å². The topological polar surface area (TPSA) is 53.4 Å². The standard InChI is InChI=1S/C17H18N2O2S/c20-11-9-19(10-11)17(21)13-6-2-1-5-12(13)16-18-14-7-3-4-8-15(14)22-16/h1-4,7-8,11-13,20H,5-6,9-10H2. The molecular weight excluding hydrogens is 296 g/mol. The maximum absolute atomic E-state index is 12.7. The van der Waals surface area contributed by atoms with Crippen LogP contribution in [0.1, 0.15) is 23.8 Å². The highest BCUT2D eigenvalue weighted by Gasteiger charge is 2.38. The fourth-order valence-electron chi connectivity index (χ4n) is 3.28. The molecule has 0 bridgehead atoms. The summed E-state index contributed by atoms with van der Waals surface area (Å²) in [5, 5.41) is 10.5. The lowest BCUT2D eigenvalue weighted by atomic mass is 9.82. The summed E-state index contributed by atoms with van der Waals surface area (Å²) < 4.78 is 1.18. The van der Waals surface area contributed by atoms with E-state index in [1.54, 1.807) is 16.2 Å². The van der Waals surface area contributed by atoms with Crippen LogP contribution in [0.3, 0.4) is 0 Å². The van der Waals surface area contributed by atoms with Gasteiger partial charge in [-0.05, 0) is 25.0 Å². The summed E-state index contributed by atoms with van der Waals surface area (Å²) in [6.45, 7) is 0.956. The third-order valence-corrected chi connectivity index (χ3v) is 5.72. The number of hydrogen-bond donors (Lipinski definition) is 1. The molecule has 1 fully saturated rings. The first-order valence-corrected chi connectivity index (χ1v) is 8.51. The van der Waals surface area contributed by atoms with Crippen molar-refractivity contribution >= 4 is 27.5 Å². The zero-order chi connectivity index (χ0) is 15.1. The van der Waals surface area contributed by atoms with Crippen molar-refractivity contribution in [1.82, 2.24) is 9.88 Å². The predicted octanol–water partition coefficient (Wildman–Crippen LogP) is 2.55. The molecule has 2 atom stereocenters. The molecule has 2 heterocycles. The van der Waals surface area contributed by atoms with Crippen molar-refractivity contribution in [1.29, 1.82) is 0 Å². The van der Waals surface area contributed by atoms with Gasteiger partial charge in [0, 0.05) is 19.0 Å². The van der Waals surface area contributed by atoms with Gasteiger partial charge in [-0.15, -0.1) is 11.3 Å². The van der Waals surface area contributed by atoms with Gasteiger partial charge in [0.25, 0.3) is 0 Å². The third-order valence-electron chi connectivity index (χ3n) is 4.55. The molecule has 1 amide bonds. The zero-order valence-corrected chi connectivity index (χ0v) is 13.0. The van der Waals surface area contributed by atoms with Crippen LogP contribution in [0.4, 0.5) is 0 Å². The van der Waals surface area contributed by atoms with Crippen molar-refractivity contribution in [3.63, 3.8) is 0 Å². The van der Waals surface area contributed by atoms with Crippen LogP contribution in [-0.2, 0) is 4.79 Å². The average molecular weight is 314 g/mol. The van der Waals surface area contributed by atoms with Gasteiger partial charge in [0.05, 0.1) is 27.2 Å². The van der Waals surface area contributed by atoms with Crippen molar-refractivity contribution in [3.8, 4) is 0 Å². The second-order valence-electron chi connectivity index (χ2n) is 6.07. The monoisotopic (exact) mass is 314 g/mol. The first kappa shape index (κ1) is 13.9. The number of aromatic nitrogens is 1. The molecule has 1 aromatic heterocycles. The van der Waals surface area contributed by atoms with Gasteiger partial charge < -0.3 is 10.0 Å². The normalized spacial score (nSPS) is 25.4. The molecule has 0 radical (unpaired) electrons. The van der Waals surface area contributed by atoms with Crippen LogP contribution in [0.2, 0.25) is 0 Å². The van der Waals surface area contributed by atoms with E-state index in [1.807, 2.05) is 18.2 Å². The van der Waals surface area contributed by atoms with Gasteiger partial charge in [-0.2, -0.15) is 0 Å². The maximum atomic E-state index is 12.7. The lowest BCUT2D eigenvalue weighted by molar-refractivity contribution is -0.146. The Morgan fingerprint density at radius 2 is 2.00 bits per heavy atom. The highest BCUT2D eigenvalue weighted by Crippen LogP contribution is 2.39. The molecule has 22 heavy (non-hydrogen) atoms. The van der Waals surface area contributed by atoms with Crippen molar-refractivity contribution in [2.45, 2.75) is 24.9 Å². The Kier molecular flexibility index (Phi) is 3.47. The Hall–Kier alpha value is -1.72. The SMILES string of the molecule is O=C(C1CC=CCC1c1nc2ccccc2s1)N1CC(O)C1.